The number of rotatable bonds is 6. The van der Waals surface area contributed by atoms with Crippen LogP contribution in [-0.4, -0.2) is 42.5 Å². The molecule has 1 aliphatic rings. The van der Waals surface area contributed by atoms with Crippen molar-refractivity contribution in [3.63, 3.8) is 0 Å². The van der Waals surface area contributed by atoms with E-state index in [1.165, 1.54) is 5.56 Å². The predicted octanol–water partition coefficient (Wildman–Crippen LogP) is 2.62. The summed E-state index contributed by atoms with van der Waals surface area (Å²) in [6, 6.07) is 7.49. The molecule has 1 amide bonds. The van der Waals surface area contributed by atoms with Gasteiger partial charge >= 0.3 is 0 Å². The minimum absolute atomic E-state index is 0. The number of aromatic nitrogens is 2. The van der Waals surface area contributed by atoms with Crippen molar-refractivity contribution in [2.75, 3.05) is 26.8 Å². The van der Waals surface area contributed by atoms with Gasteiger partial charge in [0.2, 0.25) is 5.91 Å². The van der Waals surface area contributed by atoms with Crippen molar-refractivity contribution < 1.29 is 9.53 Å². The van der Waals surface area contributed by atoms with Gasteiger partial charge in [-0.05, 0) is 37.6 Å². The van der Waals surface area contributed by atoms with Crippen LogP contribution in [0.25, 0.3) is 0 Å². The summed E-state index contributed by atoms with van der Waals surface area (Å²) < 4.78 is 7.25. The maximum atomic E-state index is 12.8. The van der Waals surface area contributed by atoms with Crippen LogP contribution in [0.3, 0.4) is 0 Å². The van der Waals surface area contributed by atoms with Gasteiger partial charge in [0.15, 0.2) is 0 Å². The van der Waals surface area contributed by atoms with Crippen molar-refractivity contribution in [1.29, 1.82) is 0 Å². The normalized spacial score (nSPS) is 17.0. The van der Waals surface area contributed by atoms with E-state index in [-0.39, 0.29) is 23.7 Å². The lowest BCUT2D eigenvalue weighted by Gasteiger charge is -2.38. The topological polar surface area (TPSA) is 68.2 Å². The second kappa shape index (κ2) is 9.55. The molecule has 2 N–H and O–H groups in total. The number of carbonyl (C=O) groups is 1. The van der Waals surface area contributed by atoms with Crippen LogP contribution in [0, 0.1) is 0 Å². The van der Waals surface area contributed by atoms with Crippen molar-refractivity contribution in [3.05, 3.63) is 52.8 Å². The molecule has 1 unspecified atom stereocenters. The molecule has 1 aromatic carbocycles. The quantitative estimate of drug-likeness (QED) is 0.764. The van der Waals surface area contributed by atoms with E-state index in [1.807, 2.05) is 25.4 Å². The van der Waals surface area contributed by atoms with Gasteiger partial charge in [-0.15, -0.1) is 12.4 Å². The fourth-order valence-corrected chi connectivity index (χ4v) is 3.66. The molecule has 2 heterocycles. The molecule has 1 saturated heterocycles. The van der Waals surface area contributed by atoms with Crippen LogP contribution in [0.4, 0.5) is 0 Å². The number of amides is 1. The highest BCUT2D eigenvalue weighted by molar-refractivity contribution is 6.30. The van der Waals surface area contributed by atoms with Crippen molar-refractivity contribution in [1.82, 2.24) is 20.4 Å². The van der Waals surface area contributed by atoms with E-state index >= 15 is 0 Å². The molecule has 6 nitrogen and oxygen atoms in total. The maximum absolute atomic E-state index is 12.8. The highest BCUT2D eigenvalue weighted by Gasteiger charge is 2.35. The number of likely N-dealkylation sites (N-methyl/N-ethyl adjacent to an activating group) is 1. The van der Waals surface area contributed by atoms with Crippen LogP contribution in [0.15, 0.2) is 36.7 Å². The second-order valence-electron chi connectivity index (χ2n) is 6.79. The Labute approximate surface area is 171 Å². The van der Waals surface area contributed by atoms with Crippen molar-refractivity contribution >= 4 is 29.9 Å². The molecule has 0 spiro atoms. The van der Waals surface area contributed by atoms with Gasteiger partial charge in [-0.1, -0.05) is 23.7 Å². The SMILES string of the molecule is CNC(C(=O)NCC1(c2ccc(Cl)cc2)CCOCC1)c1cnn(C)c1.Cl. The first-order valence-corrected chi connectivity index (χ1v) is 9.19. The second-order valence-corrected chi connectivity index (χ2v) is 7.22. The van der Waals surface area contributed by atoms with E-state index in [1.54, 1.807) is 17.9 Å². The molecule has 0 aliphatic carbocycles. The summed E-state index contributed by atoms with van der Waals surface area (Å²) in [4.78, 5) is 12.8. The first-order valence-electron chi connectivity index (χ1n) is 8.81. The maximum Gasteiger partial charge on any atom is 0.241 e. The first kappa shape index (κ1) is 21.7. The predicted molar refractivity (Wildman–Crippen MR) is 108 cm³/mol. The number of halogens is 2. The minimum atomic E-state index is -0.425. The molecular formula is C19H26Cl2N4O2. The standard InChI is InChI=1S/C19H25ClN4O2.ClH/c1-21-17(14-11-23-24(2)12-14)18(25)22-13-19(7-9-26-10-8-19)15-3-5-16(20)6-4-15;/h3-6,11-12,17,21H,7-10,13H2,1-2H3,(H,22,25);1H. The third kappa shape index (κ3) is 5.02. The zero-order valence-corrected chi connectivity index (χ0v) is 17.1. The Balaban J connectivity index is 0.00000261. The zero-order valence-electron chi connectivity index (χ0n) is 15.6. The average Bonchev–Trinajstić information content (AvgIpc) is 3.08. The molecule has 8 heteroatoms. The zero-order chi connectivity index (χ0) is 18.6. The Kier molecular flexibility index (Phi) is 7.68. The number of hydrogen-bond acceptors (Lipinski definition) is 4. The Hall–Kier alpha value is -1.60. The summed E-state index contributed by atoms with van der Waals surface area (Å²) >= 11 is 6.04. The van der Waals surface area contributed by atoms with E-state index in [0.717, 1.165) is 18.4 Å². The summed E-state index contributed by atoms with van der Waals surface area (Å²) in [5, 5.41) is 11.1. The molecule has 1 atom stereocenters. The monoisotopic (exact) mass is 412 g/mol. The van der Waals surface area contributed by atoms with Crippen LogP contribution in [0.5, 0.6) is 0 Å². The Morgan fingerprint density at radius 2 is 2.00 bits per heavy atom. The molecule has 0 saturated carbocycles. The fourth-order valence-electron chi connectivity index (χ4n) is 3.53. The van der Waals surface area contributed by atoms with Crippen molar-refractivity contribution in [3.8, 4) is 0 Å². The van der Waals surface area contributed by atoms with E-state index in [0.29, 0.717) is 24.8 Å². The lowest BCUT2D eigenvalue weighted by atomic mass is 9.74. The molecule has 1 fully saturated rings. The van der Waals surface area contributed by atoms with Gasteiger partial charge in [0.25, 0.3) is 0 Å². The van der Waals surface area contributed by atoms with Crippen molar-refractivity contribution in [2.24, 2.45) is 7.05 Å². The smallest absolute Gasteiger partial charge is 0.241 e. The molecule has 3 rings (SSSR count). The number of nitrogens with one attached hydrogen (secondary N) is 2. The highest BCUT2D eigenvalue weighted by Crippen LogP contribution is 2.35. The van der Waals surface area contributed by atoms with E-state index in [2.05, 4.69) is 27.9 Å². The fraction of sp³-hybridized carbons (Fsp3) is 0.474. The van der Waals surface area contributed by atoms with Gasteiger partial charge < -0.3 is 15.4 Å². The largest absolute Gasteiger partial charge is 0.381 e. The number of ether oxygens (including phenoxy) is 1. The highest BCUT2D eigenvalue weighted by atomic mass is 35.5. The van der Waals surface area contributed by atoms with Gasteiger partial charge in [-0.2, -0.15) is 5.10 Å². The van der Waals surface area contributed by atoms with Crippen LogP contribution in [-0.2, 0) is 22.0 Å². The lowest BCUT2D eigenvalue weighted by molar-refractivity contribution is -0.123. The summed E-state index contributed by atoms with van der Waals surface area (Å²) in [6.45, 7) is 1.95. The third-order valence-corrected chi connectivity index (χ3v) is 5.37. The summed E-state index contributed by atoms with van der Waals surface area (Å²) in [5.41, 5.74) is 1.90. The van der Waals surface area contributed by atoms with Gasteiger partial charge in [0, 0.05) is 49.0 Å². The van der Waals surface area contributed by atoms with E-state index < -0.39 is 6.04 Å². The van der Waals surface area contributed by atoms with Crippen molar-refractivity contribution in [2.45, 2.75) is 24.3 Å². The molecule has 2 aromatic rings. The average molecular weight is 413 g/mol. The minimum Gasteiger partial charge on any atom is -0.381 e. The molecule has 1 aromatic heterocycles. The molecule has 0 radical (unpaired) electrons. The van der Waals surface area contributed by atoms with E-state index in [9.17, 15) is 4.79 Å². The molecule has 1 aliphatic heterocycles. The Morgan fingerprint density at radius 1 is 1.33 bits per heavy atom. The van der Waals surface area contributed by atoms with Gasteiger partial charge in [-0.3, -0.25) is 9.48 Å². The molecule has 27 heavy (non-hydrogen) atoms. The van der Waals surface area contributed by atoms with Gasteiger partial charge in [0.05, 0.1) is 6.20 Å². The number of hydrogen-bond donors (Lipinski definition) is 2. The van der Waals surface area contributed by atoms with Crippen LogP contribution >= 0.6 is 24.0 Å². The third-order valence-electron chi connectivity index (χ3n) is 5.12. The Morgan fingerprint density at radius 3 is 2.56 bits per heavy atom. The number of aryl methyl sites for hydroxylation is 1. The number of benzene rings is 1. The van der Waals surface area contributed by atoms with Gasteiger partial charge in [-0.25, -0.2) is 0 Å². The molecular weight excluding hydrogens is 387 g/mol. The van der Waals surface area contributed by atoms with E-state index in [4.69, 9.17) is 16.3 Å². The molecule has 148 valence electrons. The summed E-state index contributed by atoms with van der Waals surface area (Å²) in [7, 11) is 3.62. The van der Waals surface area contributed by atoms with Crippen LogP contribution in [0.1, 0.15) is 30.0 Å². The number of carbonyl (C=O) groups excluding carboxylic acids is 1. The van der Waals surface area contributed by atoms with Crippen LogP contribution in [0.2, 0.25) is 5.02 Å². The summed E-state index contributed by atoms with van der Waals surface area (Å²) in [6.07, 6.45) is 5.30. The first-order chi connectivity index (χ1) is 12.5. The summed E-state index contributed by atoms with van der Waals surface area (Å²) in [5.74, 6) is -0.0552. The molecule has 0 bridgehead atoms. The van der Waals surface area contributed by atoms with Crippen LogP contribution < -0.4 is 10.6 Å². The van der Waals surface area contributed by atoms with Gasteiger partial charge in [0.1, 0.15) is 6.04 Å². The Bertz CT molecular complexity index is 742. The number of nitrogens with zero attached hydrogens (tertiary/aromatic N) is 2. The lowest BCUT2D eigenvalue weighted by Crippen LogP contribution is -2.47.